The number of aryl methyl sites for hydroxylation is 1. The smallest absolute Gasteiger partial charge is 0.410 e. The zero-order valence-corrected chi connectivity index (χ0v) is 20.7. The number of nitrogens with zero attached hydrogens (tertiary/aromatic N) is 1. The van der Waals surface area contributed by atoms with Crippen LogP contribution in [-0.4, -0.2) is 21.8 Å². The number of fused-ring (bicyclic) bond motifs is 3. The van der Waals surface area contributed by atoms with Crippen molar-refractivity contribution in [3.05, 3.63) is 95.3 Å². The molecule has 1 aromatic heterocycles. The van der Waals surface area contributed by atoms with Crippen molar-refractivity contribution in [1.29, 1.82) is 0 Å². The van der Waals surface area contributed by atoms with E-state index in [-0.39, 0.29) is 5.41 Å². The fourth-order valence-corrected chi connectivity index (χ4v) is 6.18. The van der Waals surface area contributed by atoms with Gasteiger partial charge in [-0.1, -0.05) is 48.4 Å². The Morgan fingerprint density at radius 2 is 1.97 bits per heavy atom. The Morgan fingerprint density at radius 3 is 2.75 bits per heavy atom. The highest BCUT2D eigenvalue weighted by Crippen LogP contribution is 2.54. The molecule has 3 aromatic rings. The molecule has 36 heavy (non-hydrogen) atoms. The van der Waals surface area contributed by atoms with E-state index in [0.717, 1.165) is 31.2 Å². The van der Waals surface area contributed by atoms with Gasteiger partial charge < -0.3 is 15.2 Å². The van der Waals surface area contributed by atoms with Crippen LogP contribution >= 0.6 is 0 Å². The van der Waals surface area contributed by atoms with E-state index in [1.165, 1.54) is 16.7 Å². The third kappa shape index (κ3) is 5.01. The quantitative estimate of drug-likeness (QED) is 0.483. The lowest BCUT2D eigenvalue weighted by atomic mass is 9.52. The second-order valence-corrected chi connectivity index (χ2v) is 10.1. The molecule has 5 rings (SSSR count). The molecule has 1 amide bonds. The summed E-state index contributed by atoms with van der Waals surface area (Å²) >= 11 is 0. The average molecular weight is 481 g/mol. The summed E-state index contributed by atoms with van der Waals surface area (Å²) in [5.74, 6) is 6.92. The summed E-state index contributed by atoms with van der Waals surface area (Å²) < 4.78 is 5.63. The first-order chi connectivity index (χ1) is 17.5. The number of pyridine rings is 1. The van der Waals surface area contributed by atoms with Gasteiger partial charge in [0.15, 0.2) is 0 Å². The molecule has 1 saturated carbocycles. The van der Waals surface area contributed by atoms with Crippen LogP contribution in [0.4, 0.5) is 4.79 Å². The van der Waals surface area contributed by atoms with Crippen molar-refractivity contribution in [3.63, 3.8) is 0 Å². The van der Waals surface area contributed by atoms with Crippen LogP contribution in [0.1, 0.15) is 54.9 Å². The molecule has 0 bridgehead atoms. The van der Waals surface area contributed by atoms with Gasteiger partial charge in [0, 0.05) is 24.4 Å². The van der Waals surface area contributed by atoms with E-state index in [9.17, 15) is 9.90 Å². The monoisotopic (exact) mass is 480 g/mol. The van der Waals surface area contributed by atoms with E-state index >= 15 is 0 Å². The average Bonchev–Trinajstić information content (AvgIpc) is 2.89. The van der Waals surface area contributed by atoms with Crippen molar-refractivity contribution < 1.29 is 14.6 Å². The normalized spacial score (nSPS) is 24.4. The minimum absolute atomic E-state index is 0.0717. The van der Waals surface area contributed by atoms with Gasteiger partial charge in [0.2, 0.25) is 0 Å². The Morgan fingerprint density at radius 1 is 1.14 bits per heavy atom. The van der Waals surface area contributed by atoms with E-state index in [1.807, 2.05) is 30.3 Å². The van der Waals surface area contributed by atoms with Gasteiger partial charge in [-0.15, -0.1) is 5.92 Å². The maximum absolute atomic E-state index is 12.4. The lowest BCUT2D eigenvalue weighted by molar-refractivity contribution is -0.00804. The molecule has 3 atom stereocenters. The number of aliphatic hydroxyl groups is 1. The van der Waals surface area contributed by atoms with Crippen LogP contribution in [0.25, 0.3) is 0 Å². The van der Waals surface area contributed by atoms with E-state index in [0.29, 0.717) is 31.1 Å². The largest absolute Gasteiger partial charge is 0.412 e. The van der Waals surface area contributed by atoms with Gasteiger partial charge in [-0.2, -0.15) is 0 Å². The molecule has 0 spiro atoms. The highest BCUT2D eigenvalue weighted by Gasteiger charge is 2.51. The Labute approximate surface area is 212 Å². The molecule has 2 aliphatic carbocycles. The van der Waals surface area contributed by atoms with Crippen molar-refractivity contribution >= 4 is 6.09 Å². The molecular formula is C31H32N2O3. The number of ether oxygens (including phenoxy) is 1. The summed E-state index contributed by atoms with van der Waals surface area (Å²) in [5, 5.41) is 14.0. The molecule has 5 nitrogen and oxygen atoms in total. The summed E-state index contributed by atoms with van der Waals surface area (Å²) in [4.78, 5) is 16.5. The summed E-state index contributed by atoms with van der Waals surface area (Å²) in [7, 11) is 0. The first kappa shape index (κ1) is 24.1. The second kappa shape index (κ2) is 10.2. The van der Waals surface area contributed by atoms with Crippen LogP contribution in [-0.2, 0) is 24.8 Å². The van der Waals surface area contributed by atoms with Crippen LogP contribution in [0.2, 0.25) is 0 Å². The van der Waals surface area contributed by atoms with Gasteiger partial charge in [0.1, 0.15) is 11.4 Å². The summed E-state index contributed by atoms with van der Waals surface area (Å²) in [6.45, 7) is 2.16. The van der Waals surface area contributed by atoms with Gasteiger partial charge in [0.25, 0.3) is 0 Å². The van der Waals surface area contributed by atoms with E-state index in [1.54, 1.807) is 19.3 Å². The Balaban J connectivity index is 1.39. The third-order valence-corrected chi connectivity index (χ3v) is 7.82. The molecule has 1 fully saturated rings. The predicted molar refractivity (Wildman–Crippen MR) is 139 cm³/mol. The van der Waals surface area contributed by atoms with Crippen molar-refractivity contribution in [2.45, 2.75) is 63.0 Å². The zero-order valence-electron chi connectivity index (χ0n) is 20.7. The number of nitrogens with one attached hydrogen (secondary N) is 1. The van der Waals surface area contributed by atoms with Crippen molar-refractivity contribution in [2.24, 2.45) is 5.92 Å². The van der Waals surface area contributed by atoms with Crippen LogP contribution in [0.5, 0.6) is 5.75 Å². The SMILES string of the molecule is CC#C[C@@]1(O)CC[C@]2(Cc3ccccc3)c3ccc(OC(=O)NCc4cccnc4)cc3CC[C@H]2C1. The van der Waals surface area contributed by atoms with E-state index < -0.39 is 11.7 Å². The molecule has 2 aromatic carbocycles. The van der Waals surface area contributed by atoms with Crippen molar-refractivity contribution in [2.75, 3.05) is 0 Å². The van der Waals surface area contributed by atoms with Crippen LogP contribution in [0.3, 0.4) is 0 Å². The van der Waals surface area contributed by atoms with E-state index in [4.69, 9.17) is 4.74 Å². The van der Waals surface area contributed by atoms with Gasteiger partial charge in [0.05, 0.1) is 0 Å². The molecule has 0 radical (unpaired) electrons. The summed E-state index contributed by atoms with van der Waals surface area (Å²) in [6.07, 6.45) is 7.95. The molecule has 0 saturated heterocycles. The fourth-order valence-electron chi connectivity index (χ4n) is 6.18. The lowest BCUT2D eigenvalue weighted by Gasteiger charge is -2.52. The van der Waals surface area contributed by atoms with Crippen LogP contribution in [0.15, 0.2) is 73.1 Å². The molecule has 2 aliphatic rings. The zero-order chi connectivity index (χ0) is 25.0. The standard InChI is InChI=1S/C31H32N2O3/c1-2-14-30(35)15-16-31(19-23-7-4-3-5-8-23)26(20-30)11-10-25-18-27(12-13-28(25)31)36-29(34)33-22-24-9-6-17-32-21-24/h3-9,12-13,17-18,21,26,35H,10-11,15-16,19-20,22H2,1H3,(H,33,34)/t26-,30+,31+/m0/s1. The van der Waals surface area contributed by atoms with Crippen LogP contribution < -0.4 is 10.1 Å². The van der Waals surface area contributed by atoms with Gasteiger partial charge in [-0.05, 0) is 91.8 Å². The number of aromatic nitrogens is 1. The third-order valence-electron chi connectivity index (χ3n) is 7.82. The number of hydrogen-bond donors (Lipinski definition) is 2. The predicted octanol–water partition coefficient (Wildman–Crippen LogP) is 5.35. The molecule has 0 unspecified atom stereocenters. The number of rotatable bonds is 5. The van der Waals surface area contributed by atoms with Gasteiger partial charge in [-0.25, -0.2) is 4.79 Å². The highest BCUT2D eigenvalue weighted by molar-refractivity contribution is 5.70. The molecular weight excluding hydrogens is 448 g/mol. The molecule has 184 valence electrons. The Kier molecular flexibility index (Phi) is 6.80. The van der Waals surface area contributed by atoms with Gasteiger partial charge >= 0.3 is 6.09 Å². The van der Waals surface area contributed by atoms with Gasteiger partial charge in [-0.3, -0.25) is 4.98 Å². The number of benzene rings is 2. The molecule has 1 heterocycles. The lowest BCUT2D eigenvalue weighted by Crippen LogP contribution is -2.50. The number of carbonyl (C=O) groups is 1. The highest BCUT2D eigenvalue weighted by atomic mass is 16.6. The minimum atomic E-state index is -0.910. The first-order valence-electron chi connectivity index (χ1n) is 12.7. The minimum Gasteiger partial charge on any atom is -0.410 e. The first-order valence-corrected chi connectivity index (χ1v) is 12.7. The number of hydrogen-bond acceptors (Lipinski definition) is 4. The summed E-state index contributed by atoms with van der Waals surface area (Å²) in [5.41, 5.74) is 3.78. The maximum Gasteiger partial charge on any atom is 0.412 e. The molecule has 2 N–H and O–H groups in total. The summed E-state index contributed by atoms with van der Waals surface area (Å²) in [6, 6.07) is 20.4. The van der Waals surface area contributed by atoms with Crippen molar-refractivity contribution in [1.82, 2.24) is 10.3 Å². The molecule has 5 heteroatoms. The van der Waals surface area contributed by atoms with Crippen LogP contribution in [0, 0.1) is 17.8 Å². The number of amides is 1. The maximum atomic E-state index is 12.4. The van der Waals surface area contributed by atoms with Crippen molar-refractivity contribution in [3.8, 4) is 17.6 Å². The second-order valence-electron chi connectivity index (χ2n) is 10.1. The topological polar surface area (TPSA) is 71.5 Å². The molecule has 0 aliphatic heterocycles. The Hall–Kier alpha value is -3.62. The fraction of sp³-hybridized carbons (Fsp3) is 0.355. The van der Waals surface area contributed by atoms with E-state index in [2.05, 4.69) is 52.5 Å². The number of carbonyl (C=O) groups excluding carboxylic acids is 1. The Bertz CT molecular complexity index is 1280.